The summed E-state index contributed by atoms with van der Waals surface area (Å²) < 4.78 is 43.5. The Morgan fingerprint density at radius 3 is 2.68 bits per heavy atom. The summed E-state index contributed by atoms with van der Waals surface area (Å²) in [5.41, 5.74) is 0.00372. The van der Waals surface area contributed by atoms with Crippen LogP contribution in [0.25, 0.3) is 0 Å². The molecule has 0 aliphatic carbocycles. The Bertz CT molecular complexity index is 575. The van der Waals surface area contributed by atoms with Crippen LogP contribution in [-0.4, -0.2) is 53.2 Å². The van der Waals surface area contributed by atoms with Gasteiger partial charge < -0.3 is 14.7 Å². The Morgan fingerprint density at radius 2 is 2.18 bits per heavy atom. The van der Waals surface area contributed by atoms with Crippen molar-refractivity contribution >= 4 is 23.2 Å². The van der Waals surface area contributed by atoms with E-state index in [0.29, 0.717) is 5.01 Å². The fourth-order valence-corrected chi connectivity index (χ4v) is 3.05. The molecule has 22 heavy (non-hydrogen) atoms. The second kappa shape index (κ2) is 6.21. The molecule has 0 spiro atoms. The third kappa shape index (κ3) is 3.38. The molecule has 2 rings (SSSR count). The first-order chi connectivity index (χ1) is 10.2. The van der Waals surface area contributed by atoms with Gasteiger partial charge in [0.05, 0.1) is 18.4 Å². The van der Waals surface area contributed by atoms with Crippen LogP contribution in [-0.2, 0) is 16.1 Å². The van der Waals surface area contributed by atoms with Crippen LogP contribution in [0.2, 0.25) is 0 Å². The number of nitrogens with zero attached hydrogens (tertiary/aromatic N) is 2. The number of halogens is 3. The molecule has 1 aliphatic heterocycles. The summed E-state index contributed by atoms with van der Waals surface area (Å²) >= 11 is 1.15. The third-order valence-electron chi connectivity index (χ3n) is 3.38. The number of methoxy groups -OCH3 is 1. The lowest BCUT2D eigenvalue weighted by molar-refractivity contribution is -0.187. The van der Waals surface area contributed by atoms with Crippen molar-refractivity contribution in [2.45, 2.75) is 12.8 Å². The van der Waals surface area contributed by atoms with E-state index in [4.69, 9.17) is 9.84 Å². The predicted molar refractivity (Wildman–Crippen MR) is 69.4 cm³/mol. The molecule has 1 amide bonds. The molecule has 10 heteroatoms. The van der Waals surface area contributed by atoms with Gasteiger partial charge in [0.2, 0.25) is 0 Å². The van der Waals surface area contributed by atoms with Gasteiger partial charge >= 0.3 is 12.1 Å². The van der Waals surface area contributed by atoms with Crippen molar-refractivity contribution in [3.05, 3.63) is 16.1 Å². The average Bonchev–Trinajstić information content (AvgIpc) is 3.04. The molecule has 6 nitrogen and oxygen atoms in total. The molecule has 122 valence electrons. The fourth-order valence-electron chi connectivity index (χ4n) is 2.31. The number of alkyl halides is 3. The number of ether oxygens (including phenoxy) is 1. The first-order valence-electron chi connectivity index (χ1n) is 6.26. The molecule has 0 saturated carbocycles. The monoisotopic (exact) mass is 338 g/mol. The van der Waals surface area contributed by atoms with E-state index in [1.54, 1.807) is 0 Å². The van der Waals surface area contributed by atoms with Crippen LogP contribution in [0, 0.1) is 11.8 Å². The van der Waals surface area contributed by atoms with E-state index >= 15 is 0 Å². The number of hydrogen-bond donors (Lipinski definition) is 1. The van der Waals surface area contributed by atoms with Gasteiger partial charge in [-0.1, -0.05) is 0 Å². The zero-order valence-electron chi connectivity index (χ0n) is 11.5. The number of carboxylic acids is 1. The maximum Gasteiger partial charge on any atom is 0.394 e. The van der Waals surface area contributed by atoms with Gasteiger partial charge in [-0.25, -0.2) is 4.98 Å². The molecule has 1 aromatic heterocycles. The van der Waals surface area contributed by atoms with Crippen LogP contribution >= 0.6 is 11.3 Å². The largest absolute Gasteiger partial charge is 0.481 e. The van der Waals surface area contributed by atoms with Gasteiger partial charge in [0.15, 0.2) is 0 Å². The number of carboxylic acid groups (broad SMARTS) is 1. The van der Waals surface area contributed by atoms with Crippen molar-refractivity contribution in [2.24, 2.45) is 11.8 Å². The van der Waals surface area contributed by atoms with Gasteiger partial charge in [-0.2, -0.15) is 13.2 Å². The number of aromatic nitrogens is 1. The summed E-state index contributed by atoms with van der Waals surface area (Å²) in [6.45, 7) is -0.952. The summed E-state index contributed by atoms with van der Waals surface area (Å²) in [7, 11) is 1.45. The zero-order valence-corrected chi connectivity index (χ0v) is 12.3. The number of rotatable bonds is 4. The van der Waals surface area contributed by atoms with Crippen LogP contribution in [0.1, 0.15) is 15.5 Å². The summed E-state index contributed by atoms with van der Waals surface area (Å²) in [4.78, 5) is 28.0. The van der Waals surface area contributed by atoms with Crippen molar-refractivity contribution in [1.82, 2.24) is 9.88 Å². The predicted octanol–water partition coefficient (Wildman–Crippen LogP) is 1.62. The Morgan fingerprint density at radius 1 is 1.50 bits per heavy atom. The lowest BCUT2D eigenvalue weighted by atomic mass is 9.96. The first-order valence-corrected chi connectivity index (χ1v) is 7.14. The molecule has 1 aromatic rings. The smallest absolute Gasteiger partial charge is 0.394 e. The van der Waals surface area contributed by atoms with Crippen molar-refractivity contribution in [3.8, 4) is 0 Å². The Balaban J connectivity index is 2.15. The van der Waals surface area contributed by atoms with Crippen molar-refractivity contribution < 1.29 is 32.6 Å². The molecule has 1 N–H and O–H groups in total. The number of carbonyl (C=O) groups excluding carboxylic acids is 1. The van der Waals surface area contributed by atoms with Crippen molar-refractivity contribution in [2.75, 3.05) is 20.2 Å². The Labute approximate surface area is 127 Å². The highest BCUT2D eigenvalue weighted by molar-refractivity contribution is 7.09. The van der Waals surface area contributed by atoms with Gasteiger partial charge in [0.1, 0.15) is 10.7 Å². The van der Waals surface area contributed by atoms with Crippen molar-refractivity contribution in [1.29, 1.82) is 0 Å². The van der Waals surface area contributed by atoms with E-state index in [9.17, 15) is 22.8 Å². The fraction of sp³-hybridized carbons (Fsp3) is 0.583. The molecule has 0 unspecified atom stereocenters. The highest BCUT2D eigenvalue weighted by atomic mass is 32.1. The second-order valence-corrected chi connectivity index (χ2v) is 5.81. The van der Waals surface area contributed by atoms with Crippen LogP contribution in [0.5, 0.6) is 0 Å². The number of thiazole rings is 1. The second-order valence-electron chi connectivity index (χ2n) is 4.86. The molecule has 1 aliphatic rings. The van der Waals surface area contributed by atoms with E-state index in [0.717, 1.165) is 16.2 Å². The van der Waals surface area contributed by atoms with Gasteiger partial charge in [-0.3, -0.25) is 9.59 Å². The molecule has 0 radical (unpaired) electrons. The first kappa shape index (κ1) is 16.7. The molecule has 2 heterocycles. The average molecular weight is 338 g/mol. The lowest BCUT2D eigenvalue weighted by Crippen LogP contribution is -2.34. The number of amides is 1. The maximum atomic E-state index is 12.9. The minimum Gasteiger partial charge on any atom is -0.481 e. The lowest BCUT2D eigenvalue weighted by Gasteiger charge is -2.18. The molecule has 2 atom stereocenters. The van der Waals surface area contributed by atoms with Crippen LogP contribution in [0.4, 0.5) is 13.2 Å². The minimum absolute atomic E-state index is 0.00372. The highest BCUT2D eigenvalue weighted by Crippen LogP contribution is 2.38. The summed E-state index contributed by atoms with van der Waals surface area (Å²) in [5.74, 6) is -5.97. The van der Waals surface area contributed by atoms with Gasteiger partial charge in [0, 0.05) is 25.6 Å². The molecule has 1 fully saturated rings. The normalized spacial score (nSPS) is 22.1. The highest BCUT2D eigenvalue weighted by Gasteiger charge is 2.53. The topological polar surface area (TPSA) is 79.7 Å². The standard InChI is InChI=1S/C12H13F3N2O4S/c1-21-4-9-16-8(5-22-9)10(18)17-2-6(11(19)20)7(3-17)12(13,14)15/h5-7H,2-4H2,1H3,(H,19,20)/t6-,7-/m1/s1. The third-order valence-corrected chi connectivity index (χ3v) is 4.21. The van der Waals surface area contributed by atoms with E-state index in [-0.39, 0.29) is 12.3 Å². The number of aliphatic carboxylic acids is 1. The van der Waals surface area contributed by atoms with E-state index in [2.05, 4.69) is 4.98 Å². The van der Waals surface area contributed by atoms with E-state index < -0.39 is 43.0 Å². The Hall–Kier alpha value is -1.68. The van der Waals surface area contributed by atoms with Gasteiger partial charge in [0.25, 0.3) is 5.91 Å². The number of hydrogen-bond acceptors (Lipinski definition) is 5. The van der Waals surface area contributed by atoms with E-state index in [1.165, 1.54) is 12.5 Å². The van der Waals surface area contributed by atoms with E-state index in [1.807, 2.05) is 0 Å². The van der Waals surface area contributed by atoms with Crippen LogP contribution < -0.4 is 0 Å². The molecule has 1 saturated heterocycles. The maximum absolute atomic E-state index is 12.9. The van der Waals surface area contributed by atoms with Gasteiger partial charge in [-0.05, 0) is 0 Å². The SMILES string of the molecule is COCc1nc(C(=O)N2C[C@@H](C(F)(F)F)[C@H](C(=O)O)C2)cs1. The van der Waals surface area contributed by atoms with Crippen molar-refractivity contribution in [3.63, 3.8) is 0 Å². The summed E-state index contributed by atoms with van der Waals surface area (Å²) in [5, 5.41) is 10.9. The minimum atomic E-state index is -4.67. The molecular formula is C12H13F3N2O4S. The molecule has 0 aromatic carbocycles. The van der Waals surface area contributed by atoms with Crippen LogP contribution in [0.15, 0.2) is 5.38 Å². The summed E-state index contributed by atoms with van der Waals surface area (Å²) in [6, 6.07) is 0. The van der Waals surface area contributed by atoms with Gasteiger partial charge in [-0.15, -0.1) is 11.3 Å². The number of likely N-dealkylation sites (tertiary alicyclic amines) is 1. The number of carbonyl (C=O) groups is 2. The Kier molecular flexibility index (Phi) is 4.71. The summed E-state index contributed by atoms with van der Waals surface area (Å²) in [6.07, 6.45) is -4.67. The molecular weight excluding hydrogens is 325 g/mol. The quantitative estimate of drug-likeness (QED) is 0.902. The zero-order chi connectivity index (χ0) is 16.5. The molecule has 0 bridgehead atoms. The van der Waals surface area contributed by atoms with Crippen LogP contribution in [0.3, 0.4) is 0 Å².